The summed E-state index contributed by atoms with van der Waals surface area (Å²) in [6, 6.07) is 8.01. The third kappa shape index (κ3) is 2.84. The Morgan fingerprint density at radius 1 is 1.15 bits per heavy atom. The van der Waals surface area contributed by atoms with E-state index in [1.807, 2.05) is 22.9 Å². The van der Waals surface area contributed by atoms with Crippen LogP contribution in [0.2, 0.25) is 0 Å². The van der Waals surface area contributed by atoms with Gasteiger partial charge in [0.1, 0.15) is 30.4 Å². The van der Waals surface area contributed by atoms with Crippen molar-refractivity contribution >= 4 is 28.6 Å². The van der Waals surface area contributed by atoms with E-state index in [2.05, 4.69) is 14.1 Å². The highest BCUT2D eigenvalue weighted by molar-refractivity contribution is 7.12. The highest BCUT2D eigenvalue weighted by Crippen LogP contribution is 2.52. The van der Waals surface area contributed by atoms with Gasteiger partial charge in [-0.05, 0) is 22.9 Å². The number of ether oxygens (including phenoxy) is 2. The van der Waals surface area contributed by atoms with Crippen LogP contribution >= 0.6 is 22.7 Å². The molecular formula is C19H22BrNO4S2. The van der Waals surface area contributed by atoms with Crippen LogP contribution in [-0.2, 0) is 19.9 Å². The third-order valence-electron chi connectivity index (χ3n) is 6.36. The first-order valence-corrected chi connectivity index (χ1v) is 10.7. The first kappa shape index (κ1) is 19.5. The van der Waals surface area contributed by atoms with Crippen molar-refractivity contribution in [1.29, 1.82) is 0 Å². The van der Waals surface area contributed by atoms with Crippen LogP contribution in [0.1, 0.15) is 22.6 Å². The average Bonchev–Trinajstić information content (AvgIpc) is 2.98. The van der Waals surface area contributed by atoms with Crippen molar-refractivity contribution in [2.45, 2.75) is 48.8 Å². The summed E-state index contributed by atoms with van der Waals surface area (Å²) in [7, 11) is 4.49. The van der Waals surface area contributed by atoms with Crippen LogP contribution in [-0.4, -0.2) is 60.0 Å². The van der Waals surface area contributed by atoms with Gasteiger partial charge in [0.05, 0.1) is 23.8 Å². The lowest BCUT2D eigenvalue weighted by Gasteiger charge is -2.45. The lowest BCUT2D eigenvalue weighted by molar-refractivity contribution is -0.938. The maximum Gasteiger partial charge on any atom is 0.349 e. The Morgan fingerprint density at radius 3 is 2.11 bits per heavy atom. The topological polar surface area (TPSA) is 59.1 Å². The van der Waals surface area contributed by atoms with Crippen LogP contribution in [0.15, 0.2) is 35.0 Å². The largest absolute Gasteiger partial charge is 1.00 e. The first-order chi connectivity index (χ1) is 12.4. The number of carbonyl (C=O) groups excluding carboxylic acids is 1. The van der Waals surface area contributed by atoms with Gasteiger partial charge in [-0.3, -0.25) is 0 Å². The Bertz CT molecular complexity index is 769. The zero-order valence-electron chi connectivity index (χ0n) is 15.1. The quantitative estimate of drug-likeness (QED) is 0.365. The van der Waals surface area contributed by atoms with Crippen molar-refractivity contribution in [3.05, 3.63) is 44.8 Å². The van der Waals surface area contributed by atoms with Crippen molar-refractivity contribution in [3.8, 4) is 0 Å². The summed E-state index contributed by atoms with van der Waals surface area (Å²) in [6.07, 6.45) is 2.05. The summed E-state index contributed by atoms with van der Waals surface area (Å²) >= 11 is 2.74. The number of fused-ring (bicyclic) bond motifs is 5. The van der Waals surface area contributed by atoms with E-state index in [1.54, 1.807) is 12.1 Å². The monoisotopic (exact) mass is 471 g/mol. The highest BCUT2D eigenvalue weighted by Gasteiger charge is 2.71. The lowest BCUT2D eigenvalue weighted by atomic mass is 9.95. The molecule has 8 heteroatoms. The number of quaternary nitrogens is 1. The van der Waals surface area contributed by atoms with E-state index >= 15 is 0 Å². The molecule has 0 aliphatic carbocycles. The Kier molecular flexibility index (Phi) is 4.81. The van der Waals surface area contributed by atoms with E-state index < -0.39 is 11.6 Å². The van der Waals surface area contributed by atoms with E-state index in [1.165, 1.54) is 22.7 Å². The fraction of sp³-hybridized carbons (Fsp3) is 0.526. The molecule has 5 atom stereocenters. The third-order valence-corrected chi connectivity index (χ3v) is 8.32. The van der Waals surface area contributed by atoms with Gasteiger partial charge in [-0.2, -0.15) is 0 Å². The molecule has 3 aliphatic rings. The second-order valence-electron chi connectivity index (χ2n) is 7.99. The summed E-state index contributed by atoms with van der Waals surface area (Å²) < 4.78 is 12.6. The Labute approximate surface area is 176 Å². The number of halogens is 1. The summed E-state index contributed by atoms with van der Waals surface area (Å²) in [6.45, 7) is 0. The molecule has 0 unspecified atom stereocenters. The summed E-state index contributed by atoms with van der Waals surface area (Å²) in [5.74, 6) is -0.561. The number of likely N-dealkylation sites (N-methyl/N-ethyl adjacent to an activating group) is 1. The second kappa shape index (κ2) is 6.64. The number of morpholine rings is 1. The summed E-state index contributed by atoms with van der Waals surface area (Å²) in [5, 5.41) is 15.1. The predicted octanol–water partition coefficient (Wildman–Crippen LogP) is -0.650. The van der Waals surface area contributed by atoms with Crippen molar-refractivity contribution < 1.29 is 40.8 Å². The van der Waals surface area contributed by atoms with E-state index in [0.29, 0.717) is 34.0 Å². The van der Waals surface area contributed by atoms with Gasteiger partial charge >= 0.3 is 5.97 Å². The van der Waals surface area contributed by atoms with E-state index in [9.17, 15) is 9.90 Å². The molecule has 3 fully saturated rings. The van der Waals surface area contributed by atoms with Gasteiger partial charge in [-0.1, -0.05) is 12.1 Å². The van der Waals surface area contributed by atoms with Crippen molar-refractivity contribution in [2.24, 2.45) is 0 Å². The molecule has 2 aromatic heterocycles. The second-order valence-corrected chi connectivity index (χ2v) is 9.89. The molecule has 0 amide bonds. The number of esters is 1. The molecular weight excluding hydrogens is 450 g/mol. The van der Waals surface area contributed by atoms with Crippen LogP contribution in [0.3, 0.4) is 0 Å². The number of rotatable bonds is 4. The number of aliphatic hydroxyl groups is 1. The van der Waals surface area contributed by atoms with Gasteiger partial charge < -0.3 is 36.0 Å². The summed E-state index contributed by atoms with van der Waals surface area (Å²) in [4.78, 5) is 14.3. The van der Waals surface area contributed by atoms with Gasteiger partial charge in [-0.25, -0.2) is 4.79 Å². The molecule has 27 heavy (non-hydrogen) atoms. The van der Waals surface area contributed by atoms with Gasteiger partial charge in [-0.15, -0.1) is 22.7 Å². The molecule has 0 aromatic carbocycles. The average molecular weight is 472 g/mol. The maximum absolute atomic E-state index is 13.1. The van der Waals surface area contributed by atoms with Crippen LogP contribution in [0.5, 0.6) is 0 Å². The van der Waals surface area contributed by atoms with Crippen molar-refractivity contribution in [1.82, 2.24) is 0 Å². The SMILES string of the molecule is C[N+]1(C)[C@@H]2C[C@@H](OC(=O)C(O)(c3cccs3)c3cccs3)C[C@H]1[C@@H]1O[C@H]12.[Br-]. The Hall–Kier alpha value is -0.770. The zero-order valence-corrected chi connectivity index (χ0v) is 18.3. The van der Waals surface area contributed by atoms with E-state index in [4.69, 9.17) is 9.47 Å². The van der Waals surface area contributed by atoms with Crippen LogP contribution in [0.25, 0.3) is 0 Å². The highest BCUT2D eigenvalue weighted by atomic mass is 79.9. The molecule has 146 valence electrons. The molecule has 5 heterocycles. The molecule has 0 radical (unpaired) electrons. The van der Waals surface area contributed by atoms with Crippen molar-refractivity contribution in [2.75, 3.05) is 14.1 Å². The minimum absolute atomic E-state index is 0. The normalized spacial score (nSPS) is 33.1. The molecule has 3 saturated heterocycles. The minimum Gasteiger partial charge on any atom is -1.00 e. The number of nitrogens with zero attached hydrogens (tertiary/aromatic N) is 1. The standard InChI is InChI=1S/C19H22NO4S2.BrH/c1-20(2)12-9-11(10-13(20)17-16(12)24-17)23-18(21)19(22,14-5-3-7-25-14)15-6-4-8-26-15;/h3-8,11-13,16-17,22H,9-10H2,1-2H3;1H/q+1;/p-1/t11-,12-,13+,16-,17-;/m0./s1. The minimum atomic E-state index is -1.72. The van der Waals surface area contributed by atoms with Crippen LogP contribution in [0, 0.1) is 0 Å². The zero-order chi connectivity index (χ0) is 18.1. The number of carbonyl (C=O) groups is 1. The number of hydrogen-bond donors (Lipinski definition) is 1. The number of piperidine rings is 1. The number of thiophene rings is 2. The predicted molar refractivity (Wildman–Crippen MR) is 99.1 cm³/mol. The lowest BCUT2D eigenvalue weighted by Crippen LogP contribution is -3.00. The Balaban J connectivity index is 0.00000180. The number of epoxide rings is 1. The molecule has 0 spiro atoms. The first-order valence-electron chi connectivity index (χ1n) is 8.92. The molecule has 5 rings (SSSR count). The van der Waals surface area contributed by atoms with E-state index in [0.717, 1.165) is 17.3 Å². The van der Waals surface area contributed by atoms with Crippen LogP contribution < -0.4 is 17.0 Å². The molecule has 5 nitrogen and oxygen atoms in total. The molecule has 0 saturated carbocycles. The Morgan fingerprint density at radius 2 is 1.67 bits per heavy atom. The fourth-order valence-corrected chi connectivity index (χ4v) is 6.54. The van der Waals surface area contributed by atoms with Gasteiger partial charge in [0.15, 0.2) is 0 Å². The van der Waals surface area contributed by atoms with Crippen LogP contribution in [0.4, 0.5) is 0 Å². The molecule has 2 aromatic rings. The smallest absolute Gasteiger partial charge is 0.349 e. The summed E-state index contributed by atoms with van der Waals surface area (Å²) in [5.41, 5.74) is -1.72. The molecule has 2 bridgehead atoms. The van der Waals surface area contributed by atoms with Gasteiger partial charge in [0.2, 0.25) is 5.60 Å². The van der Waals surface area contributed by atoms with Gasteiger partial charge in [0.25, 0.3) is 0 Å². The maximum atomic E-state index is 13.1. The van der Waals surface area contributed by atoms with Crippen molar-refractivity contribution in [3.63, 3.8) is 0 Å². The van der Waals surface area contributed by atoms with Gasteiger partial charge in [0, 0.05) is 12.8 Å². The molecule has 1 N–H and O–H groups in total. The molecule has 3 aliphatic heterocycles. The van der Waals surface area contributed by atoms with E-state index in [-0.39, 0.29) is 23.1 Å². The number of hydrogen-bond acceptors (Lipinski definition) is 6. The fourth-order valence-electron chi connectivity index (χ4n) is 4.83.